The van der Waals surface area contributed by atoms with Gasteiger partial charge in [-0.15, -0.1) is 0 Å². The molecule has 3 nitrogen and oxygen atoms in total. The second kappa shape index (κ2) is 6.38. The Kier molecular flexibility index (Phi) is 3.48. The number of fused-ring (bicyclic) bond motifs is 6. The molecule has 0 unspecified atom stereocenters. The Morgan fingerprint density at radius 2 is 0.656 bits per heavy atom. The van der Waals surface area contributed by atoms with Gasteiger partial charge in [-0.3, -0.25) is 9.13 Å². The van der Waals surface area contributed by atoms with Crippen molar-refractivity contribution in [3.05, 3.63) is 109 Å². The number of nitrogens with zero attached hydrogens (tertiary/aromatic N) is 3. The smallest absolute Gasteiger partial charge is 0.119 e. The minimum atomic E-state index is 1.15. The highest BCUT2D eigenvalue weighted by atomic mass is 15.2. The van der Waals surface area contributed by atoms with Gasteiger partial charge in [0.25, 0.3) is 0 Å². The Morgan fingerprint density at radius 3 is 0.969 bits per heavy atom. The molecule has 0 N–H and O–H groups in total. The van der Waals surface area contributed by atoms with Crippen LogP contribution in [-0.4, -0.2) is 13.7 Å². The third-order valence-electron chi connectivity index (χ3n) is 6.69. The molecule has 7 rings (SSSR count). The SMILES string of the molecule is Cn1c(-n2c3ccccc3c3ccccc32)ccc1-n1c2ccccc2c2ccccc21. The van der Waals surface area contributed by atoms with Crippen LogP contribution in [0.5, 0.6) is 0 Å². The molecule has 0 radical (unpaired) electrons. The van der Waals surface area contributed by atoms with Crippen LogP contribution < -0.4 is 0 Å². The first-order chi connectivity index (χ1) is 15.8. The third kappa shape index (κ3) is 2.20. The number of hydrogen-bond acceptors (Lipinski definition) is 0. The first-order valence-electron chi connectivity index (χ1n) is 11.0. The molecule has 3 heterocycles. The van der Waals surface area contributed by atoms with E-state index in [-0.39, 0.29) is 0 Å². The van der Waals surface area contributed by atoms with E-state index in [0.29, 0.717) is 0 Å². The average molecular weight is 412 g/mol. The maximum atomic E-state index is 2.38. The van der Waals surface area contributed by atoms with Crippen molar-refractivity contribution in [1.29, 1.82) is 0 Å². The summed E-state index contributed by atoms with van der Waals surface area (Å²) in [6.45, 7) is 0. The Morgan fingerprint density at radius 1 is 0.375 bits per heavy atom. The average Bonchev–Trinajstić information content (AvgIpc) is 3.48. The lowest BCUT2D eigenvalue weighted by Gasteiger charge is -2.13. The van der Waals surface area contributed by atoms with E-state index in [4.69, 9.17) is 0 Å². The van der Waals surface area contributed by atoms with Gasteiger partial charge in [0.15, 0.2) is 0 Å². The highest BCUT2D eigenvalue weighted by molar-refractivity contribution is 6.10. The maximum absolute atomic E-state index is 2.38. The van der Waals surface area contributed by atoms with Crippen molar-refractivity contribution in [3.63, 3.8) is 0 Å². The number of para-hydroxylation sites is 4. The van der Waals surface area contributed by atoms with Crippen molar-refractivity contribution in [3.8, 4) is 11.6 Å². The van der Waals surface area contributed by atoms with E-state index >= 15 is 0 Å². The van der Waals surface area contributed by atoms with Crippen LogP contribution in [0.3, 0.4) is 0 Å². The Labute approximate surface area is 185 Å². The van der Waals surface area contributed by atoms with E-state index in [1.54, 1.807) is 0 Å². The molecule has 3 aromatic heterocycles. The fourth-order valence-corrected chi connectivity index (χ4v) is 5.28. The van der Waals surface area contributed by atoms with E-state index in [2.05, 4.69) is 130 Å². The van der Waals surface area contributed by atoms with Crippen LogP contribution >= 0.6 is 0 Å². The molecule has 0 aliphatic heterocycles. The van der Waals surface area contributed by atoms with Crippen molar-refractivity contribution >= 4 is 43.6 Å². The van der Waals surface area contributed by atoms with E-state index < -0.39 is 0 Å². The standard InChI is InChI=1S/C29H21N3/c1-30-28(31-24-14-6-2-10-20(24)21-11-3-7-15-25(21)31)18-19-29(30)32-26-16-8-4-12-22(26)23-13-5-9-17-27(23)32/h2-19H,1H3. The maximum Gasteiger partial charge on any atom is 0.119 e. The molecule has 32 heavy (non-hydrogen) atoms. The van der Waals surface area contributed by atoms with E-state index in [1.165, 1.54) is 43.6 Å². The van der Waals surface area contributed by atoms with Gasteiger partial charge in [-0.05, 0) is 36.4 Å². The molecular weight excluding hydrogens is 390 g/mol. The zero-order valence-electron chi connectivity index (χ0n) is 17.7. The molecule has 3 heteroatoms. The summed E-state index contributed by atoms with van der Waals surface area (Å²) >= 11 is 0. The molecule has 0 bridgehead atoms. The summed E-state index contributed by atoms with van der Waals surface area (Å²) in [4.78, 5) is 0. The summed E-state index contributed by atoms with van der Waals surface area (Å²) in [5.74, 6) is 2.30. The number of benzene rings is 4. The Hall–Kier alpha value is -4.24. The zero-order chi connectivity index (χ0) is 21.2. The fraction of sp³-hybridized carbons (Fsp3) is 0.0345. The molecule has 0 saturated heterocycles. The second-order valence-corrected chi connectivity index (χ2v) is 8.35. The van der Waals surface area contributed by atoms with E-state index in [9.17, 15) is 0 Å². The second-order valence-electron chi connectivity index (χ2n) is 8.35. The molecule has 0 spiro atoms. The quantitative estimate of drug-likeness (QED) is 0.285. The largest absolute Gasteiger partial charge is 0.316 e. The summed E-state index contributed by atoms with van der Waals surface area (Å²) in [5, 5.41) is 5.12. The zero-order valence-corrected chi connectivity index (χ0v) is 17.7. The highest BCUT2D eigenvalue weighted by Gasteiger charge is 2.18. The van der Waals surface area contributed by atoms with Crippen LogP contribution in [0.15, 0.2) is 109 Å². The van der Waals surface area contributed by atoms with Gasteiger partial charge in [-0.25, -0.2) is 0 Å². The first-order valence-corrected chi connectivity index (χ1v) is 11.0. The van der Waals surface area contributed by atoms with Crippen molar-refractivity contribution in [1.82, 2.24) is 13.7 Å². The molecule has 0 saturated carbocycles. The van der Waals surface area contributed by atoms with Crippen molar-refractivity contribution in [2.24, 2.45) is 7.05 Å². The van der Waals surface area contributed by atoms with E-state index in [1.807, 2.05) is 0 Å². The van der Waals surface area contributed by atoms with Gasteiger partial charge in [-0.1, -0.05) is 72.8 Å². The Balaban J connectivity index is 1.57. The van der Waals surface area contributed by atoms with Crippen LogP contribution in [0.2, 0.25) is 0 Å². The van der Waals surface area contributed by atoms with Gasteiger partial charge >= 0.3 is 0 Å². The van der Waals surface area contributed by atoms with Gasteiger partial charge in [0.2, 0.25) is 0 Å². The lowest BCUT2D eigenvalue weighted by Crippen LogP contribution is -2.06. The third-order valence-corrected chi connectivity index (χ3v) is 6.69. The van der Waals surface area contributed by atoms with Crippen LogP contribution in [0.25, 0.3) is 55.2 Å². The molecule has 152 valence electrons. The summed E-state index contributed by atoms with van der Waals surface area (Å²) in [6.07, 6.45) is 0. The van der Waals surface area contributed by atoms with Gasteiger partial charge in [-0.2, -0.15) is 0 Å². The van der Waals surface area contributed by atoms with Crippen LogP contribution in [0.4, 0.5) is 0 Å². The van der Waals surface area contributed by atoms with Crippen LogP contribution in [0, 0.1) is 0 Å². The molecule has 0 atom stereocenters. The van der Waals surface area contributed by atoms with Gasteiger partial charge in [0.1, 0.15) is 11.6 Å². The summed E-state index contributed by atoms with van der Waals surface area (Å²) in [6, 6.07) is 39.1. The molecule has 0 fully saturated rings. The van der Waals surface area contributed by atoms with E-state index in [0.717, 1.165) is 11.6 Å². The monoisotopic (exact) mass is 411 g/mol. The minimum absolute atomic E-state index is 1.15. The summed E-state index contributed by atoms with van der Waals surface area (Å²) < 4.78 is 7.06. The molecule has 4 aromatic carbocycles. The summed E-state index contributed by atoms with van der Waals surface area (Å²) in [5.41, 5.74) is 4.90. The molecule has 7 aromatic rings. The van der Waals surface area contributed by atoms with Crippen molar-refractivity contribution in [2.75, 3.05) is 0 Å². The highest BCUT2D eigenvalue weighted by Crippen LogP contribution is 2.35. The minimum Gasteiger partial charge on any atom is -0.316 e. The first kappa shape index (κ1) is 17.4. The summed E-state index contributed by atoms with van der Waals surface area (Å²) in [7, 11) is 2.16. The number of hydrogen-bond donors (Lipinski definition) is 0. The molecule has 0 aliphatic carbocycles. The topological polar surface area (TPSA) is 14.8 Å². The fourth-order valence-electron chi connectivity index (χ4n) is 5.28. The lowest BCUT2D eigenvalue weighted by atomic mass is 10.2. The van der Waals surface area contributed by atoms with Crippen molar-refractivity contribution < 1.29 is 0 Å². The molecule has 0 amide bonds. The predicted molar refractivity (Wildman–Crippen MR) is 134 cm³/mol. The molecular formula is C29H21N3. The van der Waals surface area contributed by atoms with Gasteiger partial charge < -0.3 is 4.57 Å². The van der Waals surface area contributed by atoms with Gasteiger partial charge in [0.05, 0.1) is 22.1 Å². The number of aromatic nitrogens is 3. The van der Waals surface area contributed by atoms with Crippen LogP contribution in [0.1, 0.15) is 0 Å². The Bertz CT molecular complexity index is 1550. The van der Waals surface area contributed by atoms with Gasteiger partial charge in [0, 0.05) is 28.6 Å². The van der Waals surface area contributed by atoms with Crippen LogP contribution in [-0.2, 0) is 7.05 Å². The molecule has 0 aliphatic rings. The lowest BCUT2D eigenvalue weighted by molar-refractivity contribution is 0.831. The predicted octanol–water partition coefficient (Wildman–Crippen LogP) is 7.22. The normalized spacial score (nSPS) is 11.9. The van der Waals surface area contributed by atoms with Crippen molar-refractivity contribution in [2.45, 2.75) is 0 Å². The number of rotatable bonds is 2.